The van der Waals surface area contributed by atoms with E-state index >= 15 is 0 Å². The number of hydrogen-bond acceptors (Lipinski definition) is 3. The second-order valence-electron chi connectivity index (χ2n) is 9.44. The van der Waals surface area contributed by atoms with Crippen LogP contribution < -0.4 is 4.74 Å². The van der Waals surface area contributed by atoms with Gasteiger partial charge < -0.3 is 4.74 Å². The maximum atomic E-state index is 14.3. The molecule has 34 heavy (non-hydrogen) atoms. The average molecular weight is 465 g/mol. The Labute approximate surface area is 206 Å². The SMILES string of the molecule is C=C(CCC)c1nc(-c2ccccc2)nc(-c2ccc(OC)c(F)c2)c1C.CC.CC(C)(C)C. The number of methoxy groups -OCH3 is 1. The Hall–Kier alpha value is -3.01. The number of halogens is 1. The highest BCUT2D eigenvalue weighted by atomic mass is 19.1. The van der Waals surface area contributed by atoms with Crippen LogP contribution in [0.3, 0.4) is 0 Å². The van der Waals surface area contributed by atoms with E-state index in [2.05, 4.69) is 41.2 Å². The topological polar surface area (TPSA) is 35.0 Å². The van der Waals surface area contributed by atoms with E-state index < -0.39 is 5.82 Å². The summed E-state index contributed by atoms with van der Waals surface area (Å²) in [4.78, 5) is 9.53. The minimum Gasteiger partial charge on any atom is -0.494 e. The van der Waals surface area contributed by atoms with Gasteiger partial charge in [-0.2, -0.15) is 0 Å². The summed E-state index contributed by atoms with van der Waals surface area (Å²) in [7, 11) is 1.45. The van der Waals surface area contributed by atoms with Gasteiger partial charge in [0.15, 0.2) is 17.4 Å². The summed E-state index contributed by atoms with van der Waals surface area (Å²) in [5.41, 5.74) is 5.51. The fraction of sp³-hybridized carbons (Fsp3) is 0.400. The first kappa shape index (κ1) is 29.0. The van der Waals surface area contributed by atoms with Crippen LogP contribution in [0.15, 0.2) is 55.1 Å². The van der Waals surface area contributed by atoms with Gasteiger partial charge in [0.05, 0.1) is 18.5 Å². The average Bonchev–Trinajstić information content (AvgIpc) is 2.80. The molecule has 0 saturated heterocycles. The Morgan fingerprint density at radius 3 is 2.06 bits per heavy atom. The molecule has 0 fully saturated rings. The van der Waals surface area contributed by atoms with Crippen molar-refractivity contribution in [3.05, 3.63) is 72.2 Å². The number of hydrogen-bond donors (Lipinski definition) is 0. The lowest BCUT2D eigenvalue weighted by molar-refractivity contribution is 0.386. The summed E-state index contributed by atoms with van der Waals surface area (Å²) in [6.07, 6.45) is 1.83. The molecule has 1 heterocycles. The summed E-state index contributed by atoms with van der Waals surface area (Å²) in [6.45, 7) is 21.0. The summed E-state index contributed by atoms with van der Waals surface area (Å²) >= 11 is 0. The largest absolute Gasteiger partial charge is 0.494 e. The number of ether oxygens (including phenoxy) is 1. The predicted octanol–water partition coefficient (Wildman–Crippen LogP) is 9.16. The number of rotatable bonds is 6. The van der Waals surface area contributed by atoms with Gasteiger partial charge in [-0.15, -0.1) is 0 Å². The molecule has 3 nitrogen and oxygen atoms in total. The zero-order valence-electron chi connectivity index (χ0n) is 22.4. The Balaban J connectivity index is 0.000000733. The Morgan fingerprint density at radius 2 is 1.56 bits per heavy atom. The first-order valence-corrected chi connectivity index (χ1v) is 12.0. The molecule has 4 heteroatoms. The van der Waals surface area contributed by atoms with Gasteiger partial charge in [0.25, 0.3) is 0 Å². The maximum absolute atomic E-state index is 14.3. The van der Waals surface area contributed by atoms with Crippen LogP contribution in [0, 0.1) is 18.2 Å². The summed E-state index contributed by atoms with van der Waals surface area (Å²) in [6, 6.07) is 14.7. The molecule has 0 aliphatic carbocycles. The predicted molar refractivity (Wildman–Crippen MR) is 145 cm³/mol. The molecule has 0 radical (unpaired) electrons. The molecule has 0 aliphatic rings. The van der Waals surface area contributed by atoms with Crippen LogP contribution in [0.1, 0.15) is 72.6 Å². The molecule has 0 bridgehead atoms. The first-order valence-electron chi connectivity index (χ1n) is 12.0. The van der Waals surface area contributed by atoms with Gasteiger partial charge >= 0.3 is 0 Å². The molecule has 184 valence electrons. The Bertz CT molecular complexity index is 1050. The van der Waals surface area contributed by atoms with Crippen LogP contribution in [0.25, 0.3) is 28.2 Å². The van der Waals surface area contributed by atoms with Gasteiger partial charge in [0.2, 0.25) is 0 Å². The zero-order chi connectivity index (χ0) is 25.9. The number of nitrogens with zero attached hydrogens (tertiary/aromatic N) is 2. The third-order valence-electron chi connectivity index (χ3n) is 4.49. The highest BCUT2D eigenvalue weighted by Crippen LogP contribution is 2.32. The van der Waals surface area contributed by atoms with E-state index in [1.807, 2.05) is 57.2 Å². The van der Waals surface area contributed by atoms with Crippen molar-refractivity contribution in [3.8, 4) is 28.4 Å². The fourth-order valence-corrected chi connectivity index (χ4v) is 3.09. The van der Waals surface area contributed by atoms with Crippen LogP contribution in [-0.2, 0) is 0 Å². The molecule has 3 aromatic rings. The lowest BCUT2D eigenvalue weighted by Gasteiger charge is -2.15. The Kier molecular flexibility index (Phi) is 11.6. The second kappa shape index (κ2) is 13.6. The molecule has 3 rings (SSSR count). The number of aromatic nitrogens is 2. The van der Waals surface area contributed by atoms with Gasteiger partial charge in [-0.05, 0) is 42.5 Å². The van der Waals surface area contributed by atoms with Crippen molar-refractivity contribution in [1.29, 1.82) is 0 Å². The maximum Gasteiger partial charge on any atom is 0.165 e. The molecule has 1 aromatic heterocycles. The van der Waals surface area contributed by atoms with E-state index in [0.717, 1.165) is 35.2 Å². The molecular weight excluding hydrogens is 423 g/mol. The van der Waals surface area contributed by atoms with Gasteiger partial charge in [0.1, 0.15) is 0 Å². The van der Waals surface area contributed by atoms with E-state index in [9.17, 15) is 4.39 Å². The fourth-order valence-electron chi connectivity index (χ4n) is 3.09. The lowest BCUT2D eigenvalue weighted by Crippen LogP contribution is -2.03. The number of allylic oxidation sites excluding steroid dienone is 1. The van der Waals surface area contributed by atoms with Gasteiger partial charge in [-0.3, -0.25) is 0 Å². The van der Waals surface area contributed by atoms with Crippen LogP contribution >= 0.6 is 0 Å². The van der Waals surface area contributed by atoms with Crippen molar-refractivity contribution in [2.45, 2.75) is 68.2 Å². The highest BCUT2D eigenvalue weighted by molar-refractivity contribution is 5.75. The summed E-state index contributed by atoms with van der Waals surface area (Å²) in [5.74, 6) is 0.409. The molecule has 0 atom stereocenters. The standard InChI is InChI=1S/C23H23FN2O.C5H12.C2H6/c1-5-9-15(2)21-16(3)22(18-12-13-20(27-4)19(24)14-18)26-23(25-21)17-10-7-6-8-11-17;1-5(2,3)4;1-2/h6-8,10-14H,2,5,9H2,1,3-4H3;1-4H3;1-2H3. The van der Waals surface area contributed by atoms with Crippen LogP contribution in [-0.4, -0.2) is 17.1 Å². The normalized spacial score (nSPS) is 10.4. The van der Waals surface area contributed by atoms with E-state index in [1.165, 1.54) is 13.2 Å². The highest BCUT2D eigenvalue weighted by Gasteiger charge is 2.17. The Morgan fingerprint density at radius 1 is 0.971 bits per heavy atom. The van der Waals surface area contributed by atoms with Crippen molar-refractivity contribution in [2.75, 3.05) is 7.11 Å². The molecular formula is C30H41FN2O. The lowest BCUT2D eigenvalue weighted by atomic mass is 9.99. The van der Waals surface area contributed by atoms with Crippen LogP contribution in [0.4, 0.5) is 4.39 Å². The zero-order valence-corrected chi connectivity index (χ0v) is 22.4. The van der Waals surface area contributed by atoms with Crippen LogP contribution in [0.2, 0.25) is 0 Å². The summed E-state index contributed by atoms with van der Waals surface area (Å²) < 4.78 is 19.3. The van der Waals surface area contributed by atoms with Crippen molar-refractivity contribution in [1.82, 2.24) is 9.97 Å². The van der Waals surface area contributed by atoms with Crippen molar-refractivity contribution >= 4 is 5.57 Å². The molecule has 0 aliphatic heterocycles. The quantitative estimate of drug-likeness (QED) is 0.365. The smallest absolute Gasteiger partial charge is 0.165 e. The molecule has 0 N–H and O–H groups in total. The first-order chi connectivity index (χ1) is 16.0. The molecule has 0 spiro atoms. The van der Waals surface area contributed by atoms with E-state index in [0.29, 0.717) is 22.5 Å². The monoisotopic (exact) mass is 464 g/mol. The van der Waals surface area contributed by atoms with Gasteiger partial charge in [-0.1, -0.05) is 91.8 Å². The molecule has 0 saturated carbocycles. The van der Waals surface area contributed by atoms with Crippen molar-refractivity contribution in [2.24, 2.45) is 5.41 Å². The van der Waals surface area contributed by atoms with E-state index in [4.69, 9.17) is 14.7 Å². The molecule has 0 amide bonds. The van der Waals surface area contributed by atoms with Gasteiger partial charge in [-0.25, -0.2) is 14.4 Å². The van der Waals surface area contributed by atoms with Crippen molar-refractivity contribution in [3.63, 3.8) is 0 Å². The minimum absolute atomic E-state index is 0.212. The third-order valence-corrected chi connectivity index (χ3v) is 4.49. The third kappa shape index (κ3) is 8.74. The van der Waals surface area contributed by atoms with Gasteiger partial charge in [0, 0.05) is 16.7 Å². The summed E-state index contributed by atoms with van der Waals surface area (Å²) in [5, 5.41) is 0. The number of benzene rings is 2. The minimum atomic E-state index is -0.414. The van der Waals surface area contributed by atoms with Crippen LogP contribution in [0.5, 0.6) is 5.75 Å². The van der Waals surface area contributed by atoms with E-state index in [-0.39, 0.29) is 5.75 Å². The van der Waals surface area contributed by atoms with Crippen molar-refractivity contribution < 1.29 is 9.13 Å². The molecule has 2 aromatic carbocycles. The van der Waals surface area contributed by atoms with E-state index in [1.54, 1.807) is 6.07 Å². The second-order valence-corrected chi connectivity index (χ2v) is 9.44. The molecule has 0 unspecified atom stereocenters.